The fraction of sp³-hybridized carbons (Fsp3) is 0.633. The van der Waals surface area contributed by atoms with Crippen LogP contribution in [0.2, 0.25) is 0 Å². The zero-order chi connectivity index (χ0) is 23.4. The second-order valence-corrected chi connectivity index (χ2v) is 10.4. The average molecular weight is 449 g/mol. The molecule has 3 heteroatoms. The SMILES string of the molecule is CCc1cccc(CC)c1-c1cc(OC)c(CCN(C)C2CCCC3CCCCC32)c(C)n1. The lowest BCUT2D eigenvalue weighted by Gasteiger charge is -2.45. The van der Waals surface area contributed by atoms with Gasteiger partial charge in [0.15, 0.2) is 0 Å². The quantitative estimate of drug-likeness (QED) is 0.434. The summed E-state index contributed by atoms with van der Waals surface area (Å²) in [5.41, 5.74) is 7.50. The van der Waals surface area contributed by atoms with E-state index < -0.39 is 0 Å². The summed E-state index contributed by atoms with van der Waals surface area (Å²) in [5.74, 6) is 2.89. The minimum Gasteiger partial charge on any atom is -0.496 e. The number of pyridine rings is 1. The lowest BCUT2D eigenvalue weighted by Crippen LogP contribution is -2.45. The Morgan fingerprint density at radius 2 is 1.70 bits per heavy atom. The summed E-state index contributed by atoms with van der Waals surface area (Å²) in [7, 11) is 4.17. The molecule has 2 fully saturated rings. The van der Waals surface area contributed by atoms with Crippen LogP contribution in [0, 0.1) is 18.8 Å². The van der Waals surface area contributed by atoms with Crippen LogP contribution >= 0.6 is 0 Å². The molecule has 1 aromatic carbocycles. The van der Waals surface area contributed by atoms with E-state index in [-0.39, 0.29) is 0 Å². The van der Waals surface area contributed by atoms with Crippen molar-refractivity contribution in [1.29, 1.82) is 0 Å². The summed E-state index contributed by atoms with van der Waals surface area (Å²) < 4.78 is 5.94. The van der Waals surface area contributed by atoms with Gasteiger partial charge in [-0.05, 0) is 69.0 Å². The van der Waals surface area contributed by atoms with Crippen LogP contribution in [0.3, 0.4) is 0 Å². The van der Waals surface area contributed by atoms with Crippen molar-refractivity contribution in [1.82, 2.24) is 9.88 Å². The molecular weight excluding hydrogens is 404 g/mol. The van der Waals surface area contributed by atoms with Gasteiger partial charge in [-0.2, -0.15) is 0 Å². The highest BCUT2D eigenvalue weighted by Crippen LogP contribution is 2.42. The molecule has 1 heterocycles. The van der Waals surface area contributed by atoms with Crippen molar-refractivity contribution in [2.24, 2.45) is 11.8 Å². The fourth-order valence-corrected chi connectivity index (χ4v) is 6.76. The first-order chi connectivity index (χ1) is 16.1. The number of methoxy groups -OCH3 is 1. The van der Waals surface area contributed by atoms with E-state index in [4.69, 9.17) is 9.72 Å². The highest BCUT2D eigenvalue weighted by atomic mass is 16.5. The van der Waals surface area contributed by atoms with Gasteiger partial charge < -0.3 is 9.64 Å². The highest BCUT2D eigenvalue weighted by Gasteiger charge is 2.36. The number of likely N-dealkylation sites (N-methyl/N-ethyl adjacent to an activating group) is 1. The number of nitrogens with zero attached hydrogens (tertiary/aromatic N) is 2. The van der Waals surface area contributed by atoms with Gasteiger partial charge in [0.1, 0.15) is 5.75 Å². The summed E-state index contributed by atoms with van der Waals surface area (Å²) in [6.07, 6.45) is 13.1. The Balaban J connectivity index is 1.55. The summed E-state index contributed by atoms with van der Waals surface area (Å²) in [6.45, 7) is 7.71. The molecule has 2 aromatic rings. The molecule has 3 unspecified atom stereocenters. The highest BCUT2D eigenvalue weighted by molar-refractivity contribution is 5.70. The number of hydrogen-bond acceptors (Lipinski definition) is 3. The first kappa shape index (κ1) is 24.3. The van der Waals surface area contributed by atoms with E-state index in [0.717, 1.165) is 60.8 Å². The molecule has 2 aliphatic carbocycles. The molecule has 33 heavy (non-hydrogen) atoms. The fourth-order valence-electron chi connectivity index (χ4n) is 6.76. The molecule has 3 nitrogen and oxygen atoms in total. The van der Waals surface area contributed by atoms with Gasteiger partial charge >= 0.3 is 0 Å². The van der Waals surface area contributed by atoms with Gasteiger partial charge in [-0.3, -0.25) is 4.98 Å². The Bertz CT molecular complexity index is 913. The Labute approximate surface area is 202 Å². The maximum atomic E-state index is 5.94. The van der Waals surface area contributed by atoms with Crippen molar-refractivity contribution >= 4 is 0 Å². The van der Waals surface area contributed by atoms with Gasteiger partial charge in [0.25, 0.3) is 0 Å². The number of aromatic nitrogens is 1. The van der Waals surface area contributed by atoms with Crippen LogP contribution in [0.25, 0.3) is 11.3 Å². The van der Waals surface area contributed by atoms with Crippen molar-refractivity contribution in [3.63, 3.8) is 0 Å². The van der Waals surface area contributed by atoms with E-state index >= 15 is 0 Å². The average Bonchev–Trinajstić information content (AvgIpc) is 2.86. The smallest absolute Gasteiger partial charge is 0.126 e. The molecular formula is C30H44N2O. The molecule has 3 atom stereocenters. The number of fused-ring (bicyclic) bond motifs is 1. The van der Waals surface area contributed by atoms with Crippen LogP contribution in [0.4, 0.5) is 0 Å². The number of hydrogen-bond donors (Lipinski definition) is 0. The Hall–Kier alpha value is -1.87. The zero-order valence-corrected chi connectivity index (χ0v) is 21.6. The van der Waals surface area contributed by atoms with Gasteiger partial charge in [-0.15, -0.1) is 0 Å². The number of benzene rings is 1. The summed E-state index contributed by atoms with van der Waals surface area (Å²) >= 11 is 0. The third kappa shape index (κ3) is 5.14. The summed E-state index contributed by atoms with van der Waals surface area (Å²) in [5, 5.41) is 0. The van der Waals surface area contributed by atoms with Crippen LogP contribution in [0.15, 0.2) is 24.3 Å². The predicted molar refractivity (Wildman–Crippen MR) is 139 cm³/mol. The number of aryl methyl sites for hydroxylation is 3. The van der Waals surface area contributed by atoms with E-state index in [1.807, 2.05) is 7.11 Å². The molecule has 0 amide bonds. The molecule has 0 aliphatic heterocycles. The molecule has 0 saturated heterocycles. The minimum absolute atomic E-state index is 0.756. The molecule has 4 rings (SSSR count). The number of rotatable bonds is 8. The van der Waals surface area contributed by atoms with Gasteiger partial charge in [-0.25, -0.2) is 0 Å². The lowest BCUT2D eigenvalue weighted by atomic mass is 9.68. The molecule has 0 bridgehead atoms. The first-order valence-corrected chi connectivity index (χ1v) is 13.4. The topological polar surface area (TPSA) is 25.4 Å². The van der Waals surface area contributed by atoms with Gasteiger partial charge in [0.05, 0.1) is 12.8 Å². The standard InChI is InChI=1S/C30H44N2O/c1-6-22-13-10-14-23(7-2)30(22)27-20-29(33-5)25(21(3)31-27)18-19-32(4)28-17-11-15-24-12-8-9-16-26(24)28/h10,13-14,20,24,26,28H,6-9,11-12,15-19H2,1-5H3. The van der Waals surface area contributed by atoms with Gasteiger partial charge in [-0.1, -0.05) is 64.2 Å². The van der Waals surface area contributed by atoms with E-state index in [1.54, 1.807) is 0 Å². The third-order valence-corrected chi connectivity index (χ3v) is 8.58. The van der Waals surface area contributed by atoms with E-state index in [0.29, 0.717) is 0 Å². The van der Waals surface area contributed by atoms with Gasteiger partial charge in [0, 0.05) is 35.5 Å². The van der Waals surface area contributed by atoms with Crippen LogP contribution < -0.4 is 4.74 Å². The van der Waals surface area contributed by atoms with Crippen LogP contribution in [0.1, 0.15) is 81.2 Å². The minimum atomic E-state index is 0.756. The van der Waals surface area contributed by atoms with Crippen LogP contribution in [0.5, 0.6) is 5.75 Å². The van der Waals surface area contributed by atoms with Gasteiger partial charge in [0.2, 0.25) is 0 Å². The van der Waals surface area contributed by atoms with Crippen molar-refractivity contribution in [2.75, 3.05) is 20.7 Å². The maximum absolute atomic E-state index is 5.94. The predicted octanol–water partition coefficient (Wildman–Crippen LogP) is 7.02. The van der Waals surface area contributed by atoms with E-state index in [1.165, 1.54) is 67.2 Å². The zero-order valence-electron chi connectivity index (χ0n) is 21.6. The van der Waals surface area contributed by atoms with Crippen molar-refractivity contribution < 1.29 is 4.74 Å². The Morgan fingerprint density at radius 3 is 2.39 bits per heavy atom. The maximum Gasteiger partial charge on any atom is 0.126 e. The Kier molecular flexibility index (Phi) is 8.11. The molecule has 0 N–H and O–H groups in total. The first-order valence-electron chi connectivity index (χ1n) is 13.4. The Morgan fingerprint density at radius 1 is 1.00 bits per heavy atom. The second-order valence-electron chi connectivity index (χ2n) is 10.4. The molecule has 2 saturated carbocycles. The number of ether oxygens (including phenoxy) is 1. The third-order valence-electron chi connectivity index (χ3n) is 8.58. The van der Waals surface area contributed by atoms with Crippen LogP contribution in [-0.2, 0) is 19.3 Å². The van der Waals surface area contributed by atoms with Crippen molar-refractivity contribution in [3.8, 4) is 17.0 Å². The largest absolute Gasteiger partial charge is 0.496 e. The summed E-state index contributed by atoms with van der Waals surface area (Å²) in [6, 6.07) is 9.60. The van der Waals surface area contributed by atoms with Crippen molar-refractivity contribution in [2.45, 2.75) is 91.0 Å². The second kappa shape index (κ2) is 11.0. The monoisotopic (exact) mass is 448 g/mol. The van der Waals surface area contributed by atoms with Crippen LogP contribution in [-0.4, -0.2) is 36.6 Å². The molecule has 0 spiro atoms. The van der Waals surface area contributed by atoms with Crippen molar-refractivity contribution in [3.05, 3.63) is 46.6 Å². The van der Waals surface area contributed by atoms with E-state index in [2.05, 4.69) is 57.0 Å². The van der Waals surface area contributed by atoms with E-state index in [9.17, 15) is 0 Å². The lowest BCUT2D eigenvalue weighted by molar-refractivity contribution is 0.0562. The molecule has 1 aromatic heterocycles. The molecule has 0 radical (unpaired) electrons. The normalized spacial score (nSPS) is 22.9. The molecule has 180 valence electrons. The molecule has 2 aliphatic rings. The summed E-state index contributed by atoms with van der Waals surface area (Å²) in [4.78, 5) is 7.79.